The van der Waals surface area contributed by atoms with Gasteiger partial charge in [0.1, 0.15) is 11.2 Å². The molecule has 1 amide bonds. The van der Waals surface area contributed by atoms with Gasteiger partial charge in [0.2, 0.25) is 0 Å². The van der Waals surface area contributed by atoms with Crippen LogP contribution in [-0.4, -0.2) is 39.8 Å². The Morgan fingerprint density at radius 1 is 1.43 bits per heavy atom. The number of carbonyl (C=O) groups excluding carboxylic acids is 2. The van der Waals surface area contributed by atoms with Crippen molar-refractivity contribution in [1.82, 2.24) is 14.8 Å². The highest BCUT2D eigenvalue weighted by Gasteiger charge is 2.37. The zero-order valence-corrected chi connectivity index (χ0v) is 13.4. The molecular formula is C15H15ClN4O3. The molecule has 1 aliphatic heterocycles. The van der Waals surface area contributed by atoms with Crippen LogP contribution in [0.4, 0.5) is 5.69 Å². The first kappa shape index (κ1) is 15.5. The molecule has 3 rings (SSSR count). The molecule has 0 saturated heterocycles. The van der Waals surface area contributed by atoms with Gasteiger partial charge in [0.15, 0.2) is 5.69 Å². The van der Waals surface area contributed by atoms with Crippen LogP contribution in [0, 0.1) is 0 Å². The van der Waals surface area contributed by atoms with Crippen molar-refractivity contribution in [3.8, 4) is 0 Å². The maximum Gasteiger partial charge on any atom is 0.328 e. The number of anilines is 1. The molecule has 3 heterocycles. The predicted molar refractivity (Wildman–Crippen MR) is 83.4 cm³/mol. The number of esters is 1. The molecule has 1 unspecified atom stereocenters. The summed E-state index contributed by atoms with van der Waals surface area (Å²) < 4.78 is 6.25. The van der Waals surface area contributed by atoms with Crippen LogP contribution in [0.1, 0.15) is 22.5 Å². The lowest BCUT2D eigenvalue weighted by Gasteiger charge is -2.34. The first-order chi connectivity index (χ1) is 11.0. The molecule has 8 heteroatoms. The van der Waals surface area contributed by atoms with Crippen molar-refractivity contribution in [2.75, 3.05) is 12.0 Å². The van der Waals surface area contributed by atoms with Crippen LogP contribution >= 0.6 is 11.6 Å². The van der Waals surface area contributed by atoms with E-state index in [4.69, 9.17) is 16.3 Å². The van der Waals surface area contributed by atoms with E-state index in [9.17, 15) is 9.59 Å². The zero-order chi connectivity index (χ0) is 16.6. The van der Waals surface area contributed by atoms with Gasteiger partial charge in [-0.3, -0.25) is 19.4 Å². The smallest absolute Gasteiger partial charge is 0.328 e. The third-order valence-electron chi connectivity index (χ3n) is 3.87. The van der Waals surface area contributed by atoms with Crippen LogP contribution in [-0.2, 0) is 23.0 Å². The molecule has 1 aliphatic rings. The van der Waals surface area contributed by atoms with Gasteiger partial charge in [-0.1, -0.05) is 11.6 Å². The largest absolute Gasteiger partial charge is 0.467 e. The summed E-state index contributed by atoms with van der Waals surface area (Å²) in [5, 5.41) is 4.45. The Hall–Kier alpha value is -2.41. The maximum atomic E-state index is 12.9. The predicted octanol–water partition coefficient (Wildman–Crippen LogP) is 1.60. The lowest BCUT2D eigenvalue weighted by molar-refractivity contribution is -0.142. The van der Waals surface area contributed by atoms with E-state index in [2.05, 4.69) is 10.1 Å². The van der Waals surface area contributed by atoms with Crippen LogP contribution in [0.25, 0.3) is 0 Å². The number of methoxy groups -OCH3 is 1. The van der Waals surface area contributed by atoms with Crippen molar-refractivity contribution in [3.05, 3.63) is 40.9 Å². The van der Waals surface area contributed by atoms with Gasteiger partial charge in [0, 0.05) is 25.5 Å². The standard InChI is InChI=1S/C15H15ClN4O3/c1-19-13(16)7-10(18-19)14(21)20-11-5-6-17-8-9(11)3-4-12(20)15(22)23-2/h5-8,12H,3-4H2,1-2H3. The average Bonchev–Trinajstić information content (AvgIpc) is 2.91. The fourth-order valence-electron chi connectivity index (χ4n) is 2.72. The van der Waals surface area contributed by atoms with Gasteiger partial charge in [0.05, 0.1) is 12.8 Å². The van der Waals surface area contributed by atoms with Crippen molar-refractivity contribution in [2.45, 2.75) is 18.9 Å². The van der Waals surface area contributed by atoms with E-state index < -0.39 is 17.9 Å². The van der Waals surface area contributed by atoms with Gasteiger partial charge in [0.25, 0.3) is 5.91 Å². The van der Waals surface area contributed by atoms with E-state index in [-0.39, 0.29) is 5.69 Å². The Morgan fingerprint density at radius 3 is 2.87 bits per heavy atom. The molecule has 0 fully saturated rings. The molecule has 0 bridgehead atoms. The number of hydrogen-bond acceptors (Lipinski definition) is 5. The molecule has 0 aliphatic carbocycles. The third-order valence-corrected chi connectivity index (χ3v) is 4.22. The third kappa shape index (κ3) is 2.68. The molecule has 0 N–H and O–H groups in total. The summed E-state index contributed by atoms with van der Waals surface area (Å²) in [5.74, 6) is -0.849. The number of ether oxygens (including phenoxy) is 1. The lowest BCUT2D eigenvalue weighted by Crippen LogP contribution is -2.49. The molecule has 7 nitrogen and oxygen atoms in total. The summed E-state index contributed by atoms with van der Waals surface area (Å²) in [7, 11) is 2.95. The van der Waals surface area contributed by atoms with Crippen molar-refractivity contribution >= 4 is 29.2 Å². The van der Waals surface area contributed by atoms with E-state index in [1.54, 1.807) is 25.5 Å². The first-order valence-electron chi connectivity index (χ1n) is 7.06. The minimum Gasteiger partial charge on any atom is -0.467 e. The lowest BCUT2D eigenvalue weighted by atomic mass is 9.96. The van der Waals surface area contributed by atoms with Gasteiger partial charge < -0.3 is 4.74 Å². The normalized spacial score (nSPS) is 16.8. The number of pyridine rings is 1. The fraction of sp³-hybridized carbons (Fsp3) is 0.333. The Bertz CT molecular complexity index is 754. The van der Waals surface area contributed by atoms with Crippen molar-refractivity contribution in [3.63, 3.8) is 0 Å². The second-order valence-corrected chi connectivity index (χ2v) is 5.62. The monoisotopic (exact) mass is 334 g/mol. The van der Waals surface area contributed by atoms with E-state index in [0.717, 1.165) is 5.56 Å². The highest BCUT2D eigenvalue weighted by molar-refractivity contribution is 6.30. The summed E-state index contributed by atoms with van der Waals surface area (Å²) in [6.07, 6.45) is 4.41. The molecule has 0 spiro atoms. The molecule has 120 valence electrons. The van der Waals surface area contributed by atoms with Crippen LogP contribution in [0.2, 0.25) is 5.15 Å². The minimum absolute atomic E-state index is 0.177. The van der Waals surface area contributed by atoms with E-state index in [1.165, 1.54) is 22.8 Å². The Morgan fingerprint density at radius 2 is 2.22 bits per heavy atom. The number of aryl methyl sites for hydroxylation is 2. The number of hydrogen-bond donors (Lipinski definition) is 0. The number of halogens is 1. The minimum atomic E-state index is -0.691. The summed E-state index contributed by atoms with van der Waals surface area (Å²) in [6.45, 7) is 0. The van der Waals surface area contributed by atoms with E-state index in [0.29, 0.717) is 23.7 Å². The maximum absolute atomic E-state index is 12.9. The van der Waals surface area contributed by atoms with Crippen molar-refractivity contribution in [2.24, 2.45) is 7.05 Å². The number of amides is 1. The number of rotatable bonds is 2. The first-order valence-corrected chi connectivity index (χ1v) is 7.44. The van der Waals surface area contributed by atoms with Crippen LogP contribution in [0.5, 0.6) is 0 Å². The molecule has 0 saturated carbocycles. The Labute approximate surface area is 137 Å². The topological polar surface area (TPSA) is 77.3 Å². The summed E-state index contributed by atoms with van der Waals surface area (Å²) in [4.78, 5) is 30.5. The zero-order valence-electron chi connectivity index (χ0n) is 12.7. The molecular weight excluding hydrogens is 320 g/mol. The van der Waals surface area contributed by atoms with Crippen LogP contribution in [0.15, 0.2) is 24.5 Å². The van der Waals surface area contributed by atoms with E-state index >= 15 is 0 Å². The number of fused-ring (bicyclic) bond motifs is 1. The van der Waals surface area contributed by atoms with Crippen molar-refractivity contribution < 1.29 is 14.3 Å². The van der Waals surface area contributed by atoms with Crippen LogP contribution < -0.4 is 4.90 Å². The number of carbonyl (C=O) groups is 2. The van der Waals surface area contributed by atoms with Gasteiger partial charge >= 0.3 is 5.97 Å². The van der Waals surface area contributed by atoms with Gasteiger partial charge in [-0.2, -0.15) is 5.10 Å². The highest BCUT2D eigenvalue weighted by Crippen LogP contribution is 2.32. The van der Waals surface area contributed by atoms with Crippen LogP contribution in [0.3, 0.4) is 0 Å². The van der Waals surface area contributed by atoms with Gasteiger partial charge in [-0.05, 0) is 24.5 Å². The number of aromatic nitrogens is 3. The molecule has 23 heavy (non-hydrogen) atoms. The number of nitrogens with zero attached hydrogens (tertiary/aromatic N) is 4. The second kappa shape index (κ2) is 6.00. The van der Waals surface area contributed by atoms with Crippen molar-refractivity contribution in [1.29, 1.82) is 0 Å². The fourth-order valence-corrected chi connectivity index (χ4v) is 2.86. The van der Waals surface area contributed by atoms with Gasteiger partial charge in [-0.25, -0.2) is 4.79 Å². The van der Waals surface area contributed by atoms with E-state index in [1.807, 2.05) is 0 Å². The Balaban J connectivity index is 2.07. The average molecular weight is 335 g/mol. The second-order valence-electron chi connectivity index (χ2n) is 5.23. The molecule has 2 aromatic rings. The highest BCUT2D eigenvalue weighted by atomic mass is 35.5. The summed E-state index contributed by atoms with van der Waals surface area (Å²) in [6, 6.07) is 2.50. The van der Waals surface area contributed by atoms with Gasteiger partial charge in [-0.15, -0.1) is 0 Å². The summed E-state index contributed by atoms with van der Waals surface area (Å²) in [5.41, 5.74) is 1.73. The SMILES string of the molecule is COC(=O)C1CCc2cnccc2N1C(=O)c1cc(Cl)n(C)n1. The molecule has 2 aromatic heterocycles. The molecule has 0 radical (unpaired) electrons. The molecule has 1 atom stereocenters. The quantitative estimate of drug-likeness (QED) is 0.780. The summed E-state index contributed by atoms with van der Waals surface area (Å²) >= 11 is 5.97. The molecule has 0 aromatic carbocycles. The Kier molecular flexibility index (Phi) is 4.04.